The zero-order valence-electron chi connectivity index (χ0n) is 13.0. The van der Waals surface area contributed by atoms with Crippen molar-refractivity contribution in [3.8, 4) is 0 Å². The number of nitrogens with zero attached hydrogens (tertiary/aromatic N) is 2. The van der Waals surface area contributed by atoms with Crippen LogP contribution in [0.15, 0.2) is 21.6 Å². The molecule has 5 heteroatoms. The third-order valence-corrected chi connectivity index (χ3v) is 4.45. The van der Waals surface area contributed by atoms with E-state index >= 15 is 0 Å². The van der Waals surface area contributed by atoms with E-state index in [-0.39, 0.29) is 30.8 Å². The first-order valence-electron chi connectivity index (χ1n) is 7.63. The smallest absolute Gasteiger partial charge is 0.110 e. The molecule has 2 aliphatic heterocycles. The van der Waals surface area contributed by atoms with Crippen molar-refractivity contribution < 1.29 is 9.84 Å². The Labute approximate surface area is 126 Å². The number of hydrogen-bond donors (Lipinski definition) is 2. The Morgan fingerprint density at radius 1 is 1.52 bits per heavy atom. The zero-order chi connectivity index (χ0) is 15.4. The number of rotatable bonds is 4. The van der Waals surface area contributed by atoms with Crippen molar-refractivity contribution in [3.05, 3.63) is 11.6 Å². The molecule has 2 unspecified atom stereocenters. The summed E-state index contributed by atoms with van der Waals surface area (Å²) in [6.07, 6.45) is 6.28. The fourth-order valence-electron chi connectivity index (χ4n) is 2.98. The van der Waals surface area contributed by atoms with Crippen LogP contribution in [0.1, 0.15) is 40.0 Å². The van der Waals surface area contributed by atoms with Gasteiger partial charge in [-0.2, -0.15) is 0 Å². The topological polar surface area (TPSA) is 78.0 Å². The van der Waals surface area contributed by atoms with E-state index in [1.165, 1.54) is 5.57 Å². The van der Waals surface area contributed by atoms with E-state index < -0.39 is 0 Å². The molecule has 116 valence electrons. The molecule has 0 saturated carbocycles. The lowest BCUT2D eigenvalue weighted by Crippen LogP contribution is -2.30. The standard InChI is InChI=1S/C16H25N3O2/c1-4-12(15-6-5-13(8-20)21-15)7-14-10(2)18-9-19-11(3)16(14)17/h4,9-10,13-15,17,20H,5-8H2,1-3H3/b12-4+,17-16?/t10?,13-,14?,15+/m0/s1. The van der Waals surface area contributed by atoms with Gasteiger partial charge >= 0.3 is 0 Å². The number of allylic oxidation sites excluding steroid dienone is 1. The molecule has 1 saturated heterocycles. The summed E-state index contributed by atoms with van der Waals surface area (Å²) in [6.45, 7) is 5.99. The highest BCUT2D eigenvalue weighted by Gasteiger charge is 2.31. The molecule has 2 rings (SSSR count). The first kappa shape index (κ1) is 16.0. The Morgan fingerprint density at radius 2 is 2.29 bits per heavy atom. The highest BCUT2D eigenvalue weighted by atomic mass is 16.5. The van der Waals surface area contributed by atoms with E-state index in [1.807, 2.05) is 20.8 Å². The lowest BCUT2D eigenvalue weighted by molar-refractivity contribution is 0.0249. The van der Waals surface area contributed by atoms with Crippen molar-refractivity contribution in [1.82, 2.24) is 0 Å². The summed E-state index contributed by atoms with van der Waals surface area (Å²) >= 11 is 0. The summed E-state index contributed by atoms with van der Waals surface area (Å²) in [6, 6.07) is 0.0451. The maximum Gasteiger partial charge on any atom is 0.110 e. The highest BCUT2D eigenvalue weighted by Crippen LogP contribution is 2.31. The lowest BCUT2D eigenvalue weighted by Gasteiger charge is -2.24. The lowest BCUT2D eigenvalue weighted by atomic mass is 9.85. The summed E-state index contributed by atoms with van der Waals surface area (Å²) in [5.74, 6) is 0.0375. The van der Waals surface area contributed by atoms with Crippen molar-refractivity contribution in [2.75, 3.05) is 6.61 Å². The van der Waals surface area contributed by atoms with E-state index in [0.29, 0.717) is 5.71 Å². The van der Waals surface area contributed by atoms with Gasteiger partial charge in [0.05, 0.1) is 36.3 Å². The molecule has 2 N–H and O–H groups in total. The van der Waals surface area contributed by atoms with Gasteiger partial charge in [0.1, 0.15) is 6.34 Å². The molecule has 2 heterocycles. The Kier molecular flexibility index (Phi) is 5.42. The van der Waals surface area contributed by atoms with E-state index in [4.69, 9.17) is 10.1 Å². The molecule has 0 aliphatic carbocycles. The second kappa shape index (κ2) is 7.09. The van der Waals surface area contributed by atoms with Gasteiger partial charge in [-0.3, -0.25) is 4.99 Å². The van der Waals surface area contributed by atoms with E-state index in [2.05, 4.69) is 16.1 Å². The molecule has 0 aromatic rings. The molecule has 1 fully saturated rings. The molecule has 0 spiro atoms. The van der Waals surface area contributed by atoms with Crippen molar-refractivity contribution >= 4 is 17.8 Å². The molecule has 5 nitrogen and oxygen atoms in total. The molecule has 0 aromatic carbocycles. The summed E-state index contributed by atoms with van der Waals surface area (Å²) in [7, 11) is 0. The number of ether oxygens (including phenoxy) is 1. The molecular formula is C16H25N3O2. The quantitative estimate of drug-likeness (QED) is 0.780. The van der Waals surface area contributed by atoms with Gasteiger partial charge in [-0.1, -0.05) is 6.08 Å². The van der Waals surface area contributed by atoms with Gasteiger partial charge in [0.15, 0.2) is 0 Å². The third-order valence-electron chi connectivity index (χ3n) is 4.45. The summed E-state index contributed by atoms with van der Waals surface area (Å²) in [5, 5.41) is 17.5. The monoisotopic (exact) mass is 291 g/mol. The van der Waals surface area contributed by atoms with Crippen molar-refractivity contribution in [3.63, 3.8) is 0 Å². The van der Waals surface area contributed by atoms with Crippen LogP contribution in [0.4, 0.5) is 0 Å². The van der Waals surface area contributed by atoms with Gasteiger partial charge in [0, 0.05) is 5.92 Å². The minimum atomic E-state index is -0.0442. The van der Waals surface area contributed by atoms with E-state index in [1.54, 1.807) is 6.34 Å². The average molecular weight is 291 g/mol. The minimum Gasteiger partial charge on any atom is -0.394 e. The van der Waals surface area contributed by atoms with Crippen LogP contribution in [0.3, 0.4) is 0 Å². The Bertz CT molecular complexity index is 482. The van der Waals surface area contributed by atoms with Crippen LogP contribution in [-0.2, 0) is 4.74 Å². The van der Waals surface area contributed by atoms with E-state index in [0.717, 1.165) is 25.0 Å². The predicted octanol–water partition coefficient (Wildman–Crippen LogP) is 2.39. The molecule has 0 radical (unpaired) electrons. The van der Waals surface area contributed by atoms with Crippen LogP contribution in [0, 0.1) is 11.3 Å². The van der Waals surface area contributed by atoms with Gasteiger partial charge in [-0.05, 0) is 45.6 Å². The average Bonchev–Trinajstić information content (AvgIpc) is 2.92. The highest BCUT2D eigenvalue weighted by molar-refractivity contribution is 6.42. The van der Waals surface area contributed by atoms with Crippen LogP contribution < -0.4 is 0 Å². The largest absolute Gasteiger partial charge is 0.394 e. The van der Waals surface area contributed by atoms with Gasteiger partial charge in [0.25, 0.3) is 0 Å². The van der Waals surface area contributed by atoms with Crippen LogP contribution >= 0.6 is 0 Å². The van der Waals surface area contributed by atoms with Gasteiger partial charge in [-0.15, -0.1) is 0 Å². The second-order valence-corrected chi connectivity index (χ2v) is 5.81. The molecule has 4 atom stereocenters. The van der Waals surface area contributed by atoms with E-state index in [9.17, 15) is 5.11 Å². The van der Waals surface area contributed by atoms with Crippen LogP contribution in [0.25, 0.3) is 0 Å². The maximum absolute atomic E-state index is 9.20. The number of aliphatic hydroxyl groups is 1. The third kappa shape index (κ3) is 3.66. The summed E-state index contributed by atoms with van der Waals surface area (Å²) in [4.78, 5) is 8.57. The number of aliphatic hydroxyl groups excluding tert-OH is 1. The summed E-state index contributed by atoms with van der Waals surface area (Å²) < 4.78 is 5.88. The summed E-state index contributed by atoms with van der Waals surface area (Å²) in [5.41, 5.74) is 2.51. The zero-order valence-corrected chi connectivity index (χ0v) is 13.0. The predicted molar refractivity (Wildman–Crippen MR) is 85.6 cm³/mol. The Hall–Kier alpha value is -1.33. The number of hydrogen-bond acceptors (Lipinski definition) is 5. The van der Waals surface area contributed by atoms with Crippen molar-refractivity contribution in [2.45, 2.75) is 58.3 Å². The van der Waals surface area contributed by atoms with Crippen LogP contribution in [-0.4, -0.2) is 47.7 Å². The minimum absolute atomic E-state index is 0.0375. The van der Waals surface area contributed by atoms with Gasteiger partial charge in [-0.25, -0.2) is 4.99 Å². The Morgan fingerprint density at radius 3 is 2.90 bits per heavy atom. The first-order chi connectivity index (χ1) is 10.1. The molecule has 0 aromatic heterocycles. The molecule has 2 aliphatic rings. The molecule has 21 heavy (non-hydrogen) atoms. The maximum atomic E-state index is 9.20. The fraction of sp³-hybridized carbons (Fsp3) is 0.688. The molecule has 0 amide bonds. The van der Waals surface area contributed by atoms with Crippen molar-refractivity contribution in [1.29, 1.82) is 5.41 Å². The van der Waals surface area contributed by atoms with Crippen LogP contribution in [0.5, 0.6) is 0 Å². The van der Waals surface area contributed by atoms with Gasteiger partial charge in [0.2, 0.25) is 0 Å². The first-order valence-corrected chi connectivity index (χ1v) is 7.63. The fourth-order valence-corrected chi connectivity index (χ4v) is 2.98. The normalized spacial score (nSPS) is 34.0. The number of aliphatic imine (C=N–C) groups is 2. The Balaban J connectivity index is 2.09. The van der Waals surface area contributed by atoms with Crippen LogP contribution in [0.2, 0.25) is 0 Å². The SMILES string of the molecule is C/C=C(\CC1C(=N)C(C)=NC=NC1C)[C@H]1CC[C@@H](CO)O1. The molecular weight excluding hydrogens is 266 g/mol. The van der Waals surface area contributed by atoms with Gasteiger partial charge < -0.3 is 15.3 Å². The molecule has 0 bridgehead atoms. The number of nitrogens with one attached hydrogen (secondary N) is 1. The van der Waals surface area contributed by atoms with Crippen molar-refractivity contribution in [2.24, 2.45) is 15.9 Å². The second-order valence-electron chi connectivity index (χ2n) is 5.81.